The number of aldehydes is 2. The monoisotopic (exact) mass is 474 g/mol. The standard InChI is InChI=1S/C18H18N2OS.C10H12O2/c1-19-16-8-6-15(7-9-16)17-12-22-18(20-17)10-13-2-4-14(11-21)5-3-13;1-8(2)12-10-5-3-9(7-11)4-6-10/h2-9,11-12,18-20H,10H2,1H3;3-8H,1-2H3. The molecule has 3 aromatic carbocycles. The van der Waals surface area contributed by atoms with Gasteiger partial charge in [-0.25, -0.2) is 0 Å². The van der Waals surface area contributed by atoms with Crippen LogP contribution in [0.3, 0.4) is 0 Å². The second-order valence-electron chi connectivity index (χ2n) is 8.04. The molecule has 0 bridgehead atoms. The van der Waals surface area contributed by atoms with Gasteiger partial charge >= 0.3 is 0 Å². The molecule has 0 amide bonds. The Balaban J connectivity index is 0.000000229. The Morgan fingerprint density at radius 1 is 0.912 bits per heavy atom. The maximum atomic E-state index is 10.7. The Morgan fingerprint density at radius 2 is 1.50 bits per heavy atom. The lowest BCUT2D eigenvalue weighted by molar-refractivity contribution is 0.111. The first kappa shape index (κ1) is 25.1. The molecule has 1 heterocycles. The van der Waals surface area contributed by atoms with Crippen LogP contribution in [0.1, 0.15) is 45.7 Å². The van der Waals surface area contributed by atoms with Gasteiger partial charge in [0.15, 0.2) is 0 Å². The third-order valence-corrected chi connectivity index (χ3v) is 6.06. The Labute approximate surface area is 205 Å². The summed E-state index contributed by atoms with van der Waals surface area (Å²) in [7, 11) is 1.92. The summed E-state index contributed by atoms with van der Waals surface area (Å²) in [4.78, 5) is 21.0. The maximum absolute atomic E-state index is 10.7. The first-order valence-corrected chi connectivity index (χ1v) is 12.1. The molecular weight excluding hydrogens is 444 g/mol. The third kappa shape index (κ3) is 7.52. The molecule has 1 unspecified atom stereocenters. The largest absolute Gasteiger partial charge is 0.491 e. The molecule has 0 saturated carbocycles. The second-order valence-corrected chi connectivity index (χ2v) is 9.12. The average molecular weight is 475 g/mol. The molecule has 1 atom stereocenters. The molecule has 1 aliphatic heterocycles. The summed E-state index contributed by atoms with van der Waals surface area (Å²) >= 11 is 1.80. The average Bonchev–Trinajstić information content (AvgIpc) is 3.33. The summed E-state index contributed by atoms with van der Waals surface area (Å²) < 4.78 is 5.40. The Morgan fingerprint density at radius 3 is 2.03 bits per heavy atom. The van der Waals surface area contributed by atoms with Gasteiger partial charge in [-0.05, 0) is 66.8 Å². The lowest BCUT2D eigenvalue weighted by Gasteiger charge is -2.13. The number of thioether (sulfide) groups is 1. The van der Waals surface area contributed by atoms with E-state index in [4.69, 9.17) is 4.74 Å². The van der Waals surface area contributed by atoms with E-state index in [1.165, 1.54) is 16.8 Å². The summed E-state index contributed by atoms with van der Waals surface area (Å²) in [6, 6.07) is 23.2. The van der Waals surface area contributed by atoms with Gasteiger partial charge in [-0.3, -0.25) is 9.59 Å². The van der Waals surface area contributed by atoms with E-state index in [2.05, 4.69) is 40.3 Å². The number of rotatable bonds is 8. The first-order valence-electron chi connectivity index (χ1n) is 11.2. The highest BCUT2D eigenvalue weighted by Gasteiger charge is 2.18. The van der Waals surface area contributed by atoms with Crippen LogP contribution in [0.5, 0.6) is 5.75 Å². The van der Waals surface area contributed by atoms with E-state index in [0.29, 0.717) is 10.9 Å². The molecule has 0 aromatic heterocycles. The van der Waals surface area contributed by atoms with Crippen LogP contribution in [0.4, 0.5) is 5.69 Å². The van der Waals surface area contributed by atoms with Crippen molar-refractivity contribution < 1.29 is 14.3 Å². The van der Waals surface area contributed by atoms with Crippen molar-refractivity contribution in [2.24, 2.45) is 0 Å². The molecule has 0 aliphatic carbocycles. The van der Waals surface area contributed by atoms with Gasteiger partial charge in [0.05, 0.1) is 11.5 Å². The molecule has 176 valence electrons. The van der Waals surface area contributed by atoms with Gasteiger partial charge < -0.3 is 15.4 Å². The summed E-state index contributed by atoms with van der Waals surface area (Å²) in [5, 5.41) is 9.20. The predicted molar refractivity (Wildman–Crippen MR) is 142 cm³/mol. The van der Waals surface area contributed by atoms with Crippen molar-refractivity contribution in [3.05, 3.63) is 100 Å². The van der Waals surface area contributed by atoms with Gasteiger partial charge in [-0.1, -0.05) is 36.4 Å². The van der Waals surface area contributed by atoms with E-state index in [1.54, 1.807) is 36.0 Å². The first-order chi connectivity index (χ1) is 16.5. The molecular formula is C28H30N2O3S. The van der Waals surface area contributed by atoms with Crippen molar-refractivity contribution in [2.45, 2.75) is 31.7 Å². The van der Waals surface area contributed by atoms with Gasteiger partial charge in [-0.15, -0.1) is 11.8 Å². The van der Waals surface area contributed by atoms with Crippen LogP contribution >= 0.6 is 11.8 Å². The Bertz CT molecular complexity index is 1090. The SMILES string of the molecule is CC(C)Oc1ccc(C=O)cc1.CNc1ccc(C2=CSC(Cc3ccc(C=O)cc3)N2)cc1. The minimum absolute atomic E-state index is 0.173. The predicted octanol–water partition coefficient (Wildman–Crippen LogP) is 6.03. The molecule has 0 fully saturated rings. The van der Waals surface area contributed by atoms with E-state index >= 15 is 0 Å². The molecule has 6 heteroatoms. The van der Waals surface area contributed by atoms with Gasteiger partial charge in [0.1, 0.15) is 18.3 Å². The van der Waals surface area contributed by atoms with Crippen molar-refractivity contribution in [3.63, 3.8) is 0 Å². The zero-order valence-corrected chi connectivity index (χ0v) is 20.5. The molecule has 5 nitrogen and oxygen atoms in total. The molecule has 1 aliphatic rings. The summed E-state index contributed by atoms with van der Waals surface area (Å²) in [6.45, 7) is 3.93. The molecule has 4 rings (SSSR count). The number of hydrogen-bond donors (Lipinski definition) is 2. The highest BCUT2D eigenvalue weighted by Crippen LogP contribution is 2.29. The van der Waals surface area contributed by atoms with Crippen molar-refractivity contribution in [1.82, 2.24) is 5.32 Å². The normalized spacial score (nSPS) is 14.4. The highest BCUT2D eigenvalue weighted by atomic mass is 32.2. The molecule has 2 N–H and O–H groups in total. The van der Waals surface area contributed by atoms with Crippen molar-refractivity contribution in [1.29, 1.82) is 0 Å². The third-order valence-electron chi connectivity index (χ3n) is 5.08. The van der Waals surface area contributed by atoms with E-state index in [-0.39, 0.29) is 6.10 Å². The van der Waals surface area contributed by atoms with Crippen LogP contribution in [0.2, 0.25) is 0 Å². The molecule has 34 heavy (non-hydrogen) atoms. The lowest BCUT2D eigenvalue weighted by atomic mass is 10.1. The molecule has 0 spiro atoms. The minimum Gasteiger partial charge on any atom is -0.491 e. The number of benzene rings is 3. The molecule has 3 aromatic rings. The van der Waals surface area contributed by atoms with E-state index in [1.807, 2.05) is 45.2 Å². The molecule has 0 saturated heterocycles. The quantitative estimate of drug-likeness (QED) is 0.389. The van der Waals surface area contributed by atoms with Crippen molar-refractivity contribution in [3.8, 4) is 5.75 Å². The Kier molecular flexibility index (Phi) is 9.35. The fourth-order valence-electron chi connectivity index (χ4n) is 3.30. The van der Waals surface area contributed by atoms with E-state index < -0.39 is 0 Å². The van der Waals surface area contributed by atoms with Gasteiger partial charge in [-0.2, -0.15) is 0 Å². The summed E-state index contributed by atoms with van der Waals surface area (Å²) in [5.41, 5.74) is 6.11. The fourth-order valence-corrected chi connectivity index (χ4v) is 4.29. The number of anilines is 1. The molecule has 0 radical (unpaired) electrons. The van der Waals surface area contributed by atoms with E-state index in [9.17, 15) is 9.59 Å². The topological polar surface area (TPSA) is 67.4 Å². The minimum atomic E-state index is 0.173. The zero-order valence-electron chi connectivity index (χ0n) is 19.7. The van der Waals surface area contributed by atoms with Crippen molar-refractivity contribution >= 4 is 35.7 Å². The highest BCUT2D eigenvalue weighted by molar-refractivity contribution is 8.03. The van der Waals surface area contributed by atoms with Gasteiger partial charge in [0.25, 0.3) is 0 Å². The zero-order chi connectivity index (χ0) is 24.3. The number of carbonyl (C=O) groups excluding carboxylic acids is 2. The van der Waals surface area contributed by atoms with Crippen LogP contribution in [-0.2, 0) is 6.42 Å². The van der Waals surface area contributed by atoms with Crippen LogP contribution in [0.15, 0.2) is 78.2 Å². The van der Waals surface area contributed by atoms with Crippen LogP contribution < -0.4 is 15.4 Å². The van der Waals surface area contributed by atoms with Crippen LogP contribution in [0, 0.1) is 0 Å². The number of carbonyl (C=O) groups is 2. The number of nitrogens with one attached hydrogen (secondary N) is 2. The van der Waals surface area contributed by atoms with Crippen LogP contribution in [-0.4, -0.2) is 31.1 Å². The van der Waals surface area contributed by atoms with Crippen LogP contribution in [0.25, 0.3) is 5.70 Å². The summed E-state index contributed by atoms with van der Waals surface area (Å²) in [6.07, 6.45) is 2.80. The number of ether oxygens (including phenoxy) is 1. The van der Waals surface area contributed by atoms with Crippen molar-refractivity contribution in [2.75, 3.05) is 12.4 Å². The maximum Gasteiger partial charge on any atom is 0.150 e. The summed E-state index contributed by atoms with van der Waals surface area (Å²) in [5.74, 6) is 0.801. The smallest absolute Gasteiger partial charge is 0.150 e. The van der Waals surface area contributed by atoms with Gasteiger partial charge in [0, 0.05) is 36.0 Å². The lowest BCUT2D eigenvalue weighted by Crippen LogP contribution is -2.22. The van der Waals surface area contributed by atoms with E-state index in [0.717, 1.165) is 36.0 Å². The second kappa shape index (κ2) is 12.7. The Hall–Kier alpha value is -3.51. The van der Waals surface area contributed by atoms with Gasteiger partial charge in [0.2, 0.25) is 0 Å². The fraction of sp³-hybridized carbons (Fsp3) is 0.214. The number of hydrogen-bond acceptors (Lipinski definition) is 6.